The lowest BCUT2D eigenvalue weighted by Crippen LogP contribution is -2.36. The van der Waals surface area contributed by atoms with Gasteiger partial charge in [0.1, 0.15) is 0 Å². The molecule has 0 unspecified atom stereocenters. The topological polar surface area (TPSA) is 75.0 Å². The molecule has 1 heterocycles. The maximum Gasteiger partial charge on any atom is 0.290 e. The van der Waals surface area contributed by atoms with E-state index in [1.54, 1.807) is 12.4 Å². The Labute approximate surface area is 82.0 Å². The van der Waals surface area contributed by atoms with E-state index in [1.807, 2.05) is 4.90 Å². The lowest BCUT2D eigenvalue weighted by Gasteiger charge is -2.21. The molecular weight excluding hydrogens is 180 g/mol. The zero-order valence-corrected chi connectivity index (χ0v) is 7.94. The molecule has 0 aromatic carbocycles. The maximum absolute atomic E-state index is 11.5. The maximum atomic E-state index is 11.5. The number of hydrogen-bond acceptors (Lipinski definition) is 4. The summed E-state index contributed by atoms with van der Waals surface area (Å²) in [5.74, 6) is 0.500. The van der Waals surface area contributed by atoms with Gasteiger partial charge in [0, 0.05) is 31.5 Å². The molecule has 1 saturated carbocycles. The molecule has 0 bridgehead atoms. The van der Waals surface area contributed by atoms with Crippen LogP contribution in [0.25, 0.3) is 0 Å². The number of aromatic amines is 1. The first-order chi connectivity index (χ1) is 6.83. The first-order valence-electron chi connectivity index (χ1n) is 4.83. The minimum Gasteiger partial charge on any atom is -0.348 e. The molecule has 1 aromatic heterocycles. The van der Waals surface area contributed by atoms with Crippen molar-refractivity contribution in [2.45, 2.75) is 18.9 Å². The van der Waals surface area contributed by atoms with Crippen LogP contribution in [0.4, 0.5) is 5.82 Å². The van der Waals surface area contributed by atoms with E-state index < -0.39 is 0 Å². The summed E-state index contributed by atoms with van der Waals surface area (Å²) in [6.07, 6.45) is 5.41. The highest BCUT2D eigenvalue weighted by Gasteiger charge is 2.30. The molecule has 1 aromatic rings. The van der Waals surface area contributed by atoms with E-state index >= 15 is 0 Å². The van der Waals surface area contributed by atoms with E-state index in [0.717, 1.165) is 12.8 Å². The molecule has 0 amide bonds. The van der Waals surface area contributed by atoms with Crippen molar-refractivity contribution in [3.63, 3.8) is 0 Å². The summed E-state index contributed by atoms with van der Waals surface area (Å²) < 4.78 is 0. The first kappa shape index (κ1) is 9.21. The van der Waals surface area contributed by atoms with E-state index in [0.29, 0.717) is 24.9 Å². The van der Waals surface area contributed by atoms with Crippen molar-refractivity contribution in [2.24, 2.45) is 5.73 Å². The fourth-order valence-electron chi connectivity index (χ4n) is 1.54. The van der Waals surface area contributed by atoms with Gasteiger partial charge in [-0.25, -0.2) is 4.98 Å². The smallest absolute Gasteiger partial charge is 0.290 e. The Morgan fingerprint density at radius 2 is 2.43 bits per heavy atom. The van der Waals surface area contributed by atoms with Crippen LogP contribution >= 0.6 is 0 Å². The van der Waals surface area contributed by atoms with E-state index in [-0.39, 0.29) is 5.56 Å². The van der Waals surface area contributed by atoms with E-state index in [9.17, 15) is 4.79 Å². The van der Waals surface area contributed by atoms with Gasteiger partial charge >= 0.3 is 0 Å². The highest BCUT2D eigenvalue weighted by Crippen LogP contribution is 2.28. The SMILES string of the molecule is NCCN(c1ncc[nH]c1=O)C1CC1. The van der Waals surface area contributed by atoms with Crippen molar-refractivity contribution < 1.29 is 0 Å². The normalized spacial score (nSPS) is 15.5. The fourth-order valence-corrected chi connectivity index (χ4v) is 1.54. The quantitative estimate of drug-likeness (QED) is 0.690. The van der Waals surface area contributed by atoms with Crippen LogP contribution in [0.1, 0.15) is 12.8 Å². The van der Waals surface area contributed by atoms with Crippen LogP contribution < -0.4 is 16.2 Å². The second kappa shape index (κ2) is 3.79. The second-order valence-electron chi connectivity index (χ2n) is 3.46. The predicted molar refractivity (Wildman–Crippen MR) is 54.3 cm³/mol. The van der Waals surface area contributed by atoms with Crippen LogP contribution in [0, 0.1) is 0 Å². The summed E-state index contributed by atoms with van der Waals surface area (Å²) >= 11 is 0. The number of nitrogens with zero attached hydrogens (tertiary/aromatic N) is 2. The van der Waals surface area contributed by atoms with Crippen molar-refractivity contribution in [2.75, 3.05) is 18.0 Å². The summed E-state index contributed by atoms with van der Waals surface area (Å²) in [6.45, 7) is 1.25. The molecule has 1 fully saturated rings. The van der Waals surface area contributed by atoms with Gasteiger partial charge < -0.3 is 15.6 Å². The molecule has 76 valence electrons. The Kier molecular flexibility index (Phi) is 2.49. The van der Waals surface area contributed by atoms with Crippen LogP contribution in [-0.2, 0) is 0 Å². The number of anilines is 1. The van der Waals surface area contributed by atoms with Crippen LogP contribution in [0.15, 0.2) is 17.2 Å². The molecule has 14 heavy (non-hydrogen) atoms. The van der Waals surface area contributed by atoms with Gasteiger partial charge in [0.25, 0.3) is 5.56 Å². The molecule has 1 aliphatic carbocycles. The Hall–Kier alpha value is -1.36. The van der Waals surface area contributed by atoms with Crippen LogP contribution in [0.2, 0.25) is 0 Å². The third kappa shape index (κ3) is 1.77. The zero-order valence-electron chi connectivity index (χ0n) is 7.94. The van der Waals surface area contributed by atoms with Gasteiger partial charge in [-0.05, 0) is 12.8 Å². The minimum atomic E-state index is -0.132. The molecule has 0 spiro atoms. The van der Waals surface area contributed by atoms with Crippen LogP contribution in [-0.4, -0.2) is 29.1 Å². The fraction of sp³-hybridized carbons (Fsp3) is 0.556. The number of rotatable bonds is 4. The standard InChI is InChI=1S/C9H14N4O/c10-3-6-13(7-1-2-7)8-9(14)12-5-4-11-8/h4-5,7H,1-3,6,10H2,(H,12,14). The molecule has 2 rings (SSSR count). The number of nitrogens with one attached hydrogen (secondary N) is 1. The third-order valence-corrected chi connectivity index (χ3v) is 2.32. The van der Waals surface area contributed by atoms with Crippen molar-refractivity contribution in [3.8, 4) is 0 Å². The number of H-pyrrole nitrogens is 1. The first-order valence-corrected chi connectivity index (χ1v) is 4.83. The Morgan fingerprint density at radius 1 is 1.64 bits per heavy atom. The van der Waals surface area contributed by atoms with Crippen LogP contribution in [0.5, 0.6) is 0 Å². The van der Waals surface area contributed by atoms with E-state index in [2.05, 4.69) is 9.97 Å². The monoisotopic (exact) mass is 194 g/mol. The van der Waals surface area contributed by atoms with Gasteiger partial charge in [0.05, 0.1) is 0 Å². The minimum absolute atomic E-state index is 0.132. The van der Waals surface area contributed by atoms with Crippen LogP contribution in [0.3, 0.4) is 0 Å². The Bertz CT molecular complexity index is 358. The zero-order chi connectivity index (χ0) is 9.97. The lowest BCUT2D eigenvalue weighted by atomic mass is 10.4. The number of aromatic nitrogens is 2. The molecule has 0 saturated heterocycles. The highest BCUT2D eigenvalue weighted by atomic mass is 16.1. The summed E-state index contributed by atoms with van der Waals surface area (Å²) in [5.41, 5.74) is 5.37. The van der Waals surface area contributed by atoms with Gasteiger partial charge in [-0.1, -0.05) is 0 Å². The predicted octanol–water partition coefficient (Wildman–Crippen LogP) is -0.303. The van der Waals surface area contributed by atoms with E-state index in [1.165, 1.54) is 0 Å². The molecule has 0 aliphatic heterocycles. The molecule has 5 nitrogen and oxygen atoms in total. The second-order valence-corrected chi connectivity index (χ2v) is 3.46. The summed E-state index contributed by atoms with van der Waals surface area (Å²) in [5, 5.41) is 0. The molecular formula is C9H14N4O. The molecule has 0 atom stereocenters. The van der Waals surface area contributed by atoms with Crippen molar-refractivity contribution in [1.29, 1.82) is 0 Å². The summed E-state index contributed by atoms with van der Waals surface area (Å²) in [4.78, 5) is 20.2. The number of nitrogens with two attached hydrogens (primary N) is 1. The highest BCUT2D eigenvalue weighted by molar-refractivity contribution is 5.38. The van der Waals surface area contributed by atoms with E-state index in [4.69, 9.17) is 5.73 Å². The van der Waals surface area contributed by atoms with Gasteiger partial charge in [0.2, 0.25) is 0 Å². The summed E-state index contributed by atoms with van der Waals surface area (Å²) in [6, 6.07) is 0.467. The third-order valence-electron chi connectivity index (χ3n) is 2.32. The Morgan fingerprint density at radius 3 is 3.00 bits per heavy atom. The van der Waals surface area contributed by atoms with Gasteiger partial charge in [-0.2, -0.15) is 0 Å². The summed E-state index contributed by atoms with van der Waals surface area (Å²) in [7, 11) is 0. The van der Waals surface area contributed by atoms with Crippen molar-refractivity contribution in [3.05, 3.63) is 22.7 Å². The average molecular weight is 194 g/mol. The van der Waals surface area contributed by atoms with Gasteiger partial charge in [-0.15, -0.1) is 0 Å². The molecule has 3 N–H and O–H groups in total. The Balaban J connectivity index is 2.25. The van der Waals surface area contributed by atoms with Gasteiger partial charge in [0.15, 0.2) is 5.82 Å². The molecule has 1 aliphatic rings. The molecule has 0 radical (unpaired) electrons. The lowest BCUT2D eigenvalue weighted by molar-refractivity contribution is 0.762. The number of hydrogen-bond donors (Lipinski definition) is 2. The van der Waals surface area contributed by atoms with Gasteiger partial charge in [-0.3, -0.25) is 4.79 Å². The largest absolute Gasteiger partial charge is 0.348 e. The van der Waals surface area contributed by atoms with Crippen molar-refractivity contribution in [1.82, 2.24) is 9.97 Å². The molecule has 5 heteroatoms. The average Bonchev–Trinajstić information content (AvgIpc) is 2.99. The van der Waals surface area contributed by atoms with Crippen molar-refractivity contribution >= 4 is 5.82 Å².